The zero-order valence-corrected chi connectivity index (χ0v) is 21.7. The number of pyridine rings is 1. The topological polar surface area (TPSA) is 50.2 Å². The number of fused-ring (bicyclic) bond motifs is 1. The van der Waals surface area contributed by atoms with Gasteiger partial charge in [0.25, 0.3) is 0 Å². The first-order valence-electron chi connectivity index (χ1n) is 13.5. The van der Waals surface area contributed by atoms with E-state index in [1.165, 1.54) is 35.2 Å². The van der Waals surface area contributed by atoms with Crippen LogP contribution in [0.2, 0.25) is 0 Å². The normalized spacial score (nSPS) is 24.7. The Morgan fingerprint density at radius 3 is 2.15 bits per heavy atom. The average Bonchev–Trinajstić information content (AvgIpc) is 2.80. The maximum absolute atomic E-state index is 11.1. The minimum Gasteiger partial charge on any atom is -0.481 e. The van der Waals surface area contributed by atoms with E-state index in [0.29, 0.717) is 18.3 Å². The summed E-state index contributed by atoms with van der Waals surface area (Å²) in [5, 5.41) is 9.18. The summed E-state index contributed by atoms with van der Waals surface area (Å²) in [6.45, 7) is 9.53. The number of rotatable bonds is 4. The van der Waals surface area contributed by atoms with E-state index in [9.17, 15) is 9.90 Å². The van der Waals surface area contributed by atoms with Crippen LogP contribution >= 0.6 is 0 Å². The van der Waals surface area contributed by atoms with E-state index < -0.39 is 5.97 Å². The van der Waals surface area contributed by atoms with E-state index in [2.05, 4.69) is 64.1 Å². The lowest BCUT2D eigenvalue weighted by molar-refractivity contribution is -0.138. The van der Waals surface area contributed by atoms with Gasteiger partial charge in [0.2, 0.25) is 0 Å². The molecule has 1 N–H and O–H groups in total. The molecule has 0 saturated heterocycles. The molecule has 0 radical (unpaired) electrons. The molecule has 4 rings (SSSR count). The smallest absolute Gasteiger partial charge is 0.303 e. The van der Waals surface area contributed by atoms with Crippen LogP contribution in [0.5, 0.6) is 0 Å². The number of nitrogens with zero attached hydrogens (tertiary/aromatic N) is 1. The second-order valence-corrected chi connectivity index (χ2v) is 12.2. The summed E-state index contributed by atoms with van der Waals surface area (Å²) in [5.74, 6) is 0.216. The van der Waals surface area contributed by atoms with Crippen molar-refractivity contribution in [3.05, 3.63) is 53.2 Å². The number of hydrogen-bond donors (Lipinski definition) is 1. The zero-order chi connectivity index (χ0) is 24.3. The molecular formula is C31H43NO2. The molecule has 2 aromatic rings. The highest BCUT2D eigenvalue weighted by atomic mass is 16.4. The molecule has 1 aromatic carbocycles. The number of carboxylic acids is 1. The van der Waals surface area contributed by atoms with Crippen molar-refractivity contribution >= 4 is 5.97 Å². The molecule has 3 nitrogen and oxygen atoms in total. The number of hydrogen-bond acceptors (Lipinski definition) is 2. The third-order valence-electron chi connectivity index (χ3n) is 8.63. The van der Waals surface area contributed by atoms with E-state index >= 15 is 0 Å². The van der Waals surface area contributed by atoms with Crippen LogP contribution in [-0.2, 0) is 15.6 Å². The van der Waals surface area contributed by atoms with Crippen LogP contribution in [0.25, 0.3) is 11.3 Å². The molecule has 3 heteroatoms. The predicted molar refractivity (Wildman–Crippen MR) is 140 cm³/mol. The van der Waals surface area contributed by atoms with Crippen LogP contribution in [0.15, 0.2) is 36.4 Å². The first kappa shape index (κ1) is 24.9. The van der Waals surface area contributed by atoms with E-state index in [0.717, 1.165) is 57.1 Å². The zero-order valence-electron chi connectivity index (χ0n) is 21.7. The molecular weight excluding hydrogens is 418 g/mol. The van der Waals surface area contributed by atoms with Gasteiger partial charge in [-0.05, 0) is 84.6 Å². The summed E-state index contributed by atoms with van der Waals surface area (Å²) in [5.41, 5.74) is 6.99. The summed E-state index contributed by atoms with van der Waals surface area (Å²) in [7, 11) is 0. The number of aromatic nitrogens is 1. The van der Waals surface area contributed by atoms with Gasteiger partial charge < -0.3 is 5.11 Å². The molecule has 0 spiro atoms. The first-order valence-corrected chi connectivity index (χ1v) is 13.5. The molecule has 2 aliphatic rings. The highest BCUT2D eigenvalue weighted by Gasteiger charge is 2.37. The Labute approximate surface area is 206 Å². The molecule has 0 bridgehead atoms. The highest BCUT2D eigenvalue weighted by Crippen LogP contribution is 2.46. The maximum atomic E-state index is 11.1. The van der Waals surface area contributed by atoms with Gasteiger partial charge in [0.05, 0.1) is 5.69 Å². The number of carboxylic acid groups (broad SMARTS) is 1. The Bertz CT molecular complexity index is 994. The van der Waals surface area contributed by atoms with Crippen LogP contribution < -0.4 is 0 Å². The summed E-state index contributed by atoms with van der Waals surface area (Å²) in [6, 6.07) is 13.6. The Balaban J connectivity index is 1.53. The lowest BCUT2D eigenvalue weighted by atomic mass is 9.63. The third kappa shape index (κ3) is 5.73. The van der Waals surface area contributed by atoms with Crippen molar-refractivity contribution in [2.75, 3.05) is 0 Å². The van der Waals surface area contributed by atoms with E-state index in [1.54, 1.807) is 0 Å². The summed E-state index contributed by atoms with van der Waals surface area (Å²) in [6.07, 6.45) is 11.8. The SMILES string of the molecule is CC1(C)CCC(C)(C)c2cc(-c3cccc(C4CCCCC(CC(=O)O)CCCC4)n3)ccc21. The maximum Gasteiger partial charge on any atom is 0.303 e. The molecule has 184 valence electrons. The molecule has 1 heterocycles. The summed E-state index contributed by atoms with van der Waals surface area (Å²) < 4.78 is 0. The van der Waals surface area contributed by atoms with Gasteiger partial charge >= 0.3 is 5.97 Å². The largest absolute Gasteiger partial charge is 0.481 e. The van der Waals surface area contributed by atoms with Gasteiger partial charge in [-0.2, -0.15) is 0 Å². The van der Waals surface area contributed by atoms with Gasteiger partial charge in [0.15, 0.2) is 0 Å². The predicted octanol–water partition coefficient (Wildman–Crippen LogP) is 8.41. The fourth-order valence-corrected chi connectivity index (χ4v) is 6.27. The van der Waals surface area contributed by atoms with Gasteiger partial charge in [0, 0.05) is 23.6 Å². The van der Waals surface area contributed by atoms with Gasteiger partial charge in [-0.1, -0.05) is 71.6 Å². The number of benzene rings is 1. The molecule has 34 heavy (non-hydrogen) atoms. The van der Waals surface area contributed by atoms with Crippen molar-refractivity contribution in [2.45, 2.75) is 115 Å². The molecule has 1 fully saturated rings. The van der Waals surface area contributed by atoms with E-state index in [1.807, 2.05) is 0 Å². The number of carbonyl (C=O) groups is 1. The fourth-order valence-electron chi connectivity index (χ4n) is 6.27. The van der Waals surface area contributed by atoms with E-state index in [-0.39, 0.29) is 10.8 Å². The molecule has 1 saturated carbocycles. The second-order valence-electron chi connectivity index (χ2n) is 12.2. The molecule has 1 aromatic heterocycles. The fraction of sp³-hybridized carbons (Fsp3) is 0.613. The van der Waals surface area contributed by atoms with Crippen molar-refractivity contribution in [1.29, 1.82) is 0 Å². The highest BCUT2D eigenvalue weighted by molar-refractivity contribution is 5.67. The van der Waals surface area contributed by atoms with Crippen molar-refractivity contribution in [2.24, 2.45) is 5.92 Å². The molecule has 2 aliphatic carbocycles. The van der Waals surface area contributed by atoms with Crippen LogP contribution in [0, 0.1) is 5.92 Å². The molecule has 0 atom stereocenters. The lowest BCUT2D eigenvalue weighted by Gasteiger charge is -2.42. The number of aliphatic carboxylic acids is 1. The van der Waals surface area contributed by atoms with Crippen LogP contribution in [-0.4, -0.2) is 16.1 Å². The Kier molecular flexibility index (Phi) is 7.50. The quantitative estimate of drug-likeness (QED) is 0.497. The van der Waals surface area contributed by atoms with Crippen LogP contribution in [0.3, 0.4) is 0 Å². The lowest BCUT2D eigenvalue weighted by Crippen LogP contribution is -2.33. The molecule has 0 aliphatic heterocycles. The monoisotopic (exact) mass is 461 g/mol. The van der Waals surface area contributed by atoms with Gasteiger partial charge in [-0.25, -0.2) is 0 Å². The standard InChI is InChI=1S/C31H43NO2/c1-30(2)18-19-31(3,4)26-21-24(16-17-25(26)30)28-15-9-14-27(32-28)23-12-7-5-10-22(20-29(33)34)11-6-8-13-23/h9,14-17,21-23H,5-8,10-13,18-20H2,1-4H3,(H,33,34). The van der Waals surface area contributed by atoms with Gasteiger partial charge in [0.1, 0.15) is 0 Å². The van der Waals surface area contributed by atoms with Crippen molar-refractivity contribution in [3.63, 3.8) is 0 Å². The first-order chi connectivity index (χ1) is 16.2. The van der Waals surface area contributed by atoms with Crippen LogP contribution in [0.4, 0.5) is 0 Å². The van der Waals surface area contributed by atoms with Crippen molar-refractivity contribution in [1.82, 2.24) is 4.98 Å². The van der Waals surface area contributed by atoms with Crippen molar-refractivity contribution in [3.8, 4) is 11.3 Å². The van der Waals surface area contributed by atoms with Gasteiger partial charge in [-0.15, -0.1) is 0 Å². The minimum atomic E-state index is -0.643. The Morgan fingerprint density at radius 1 is 0.882 bits per heavy atom. The second kappa shape index (κ2) is 10.2. The summed E-state index contributed by atoms with van der Waals surface area (Å²) in [4.78, 5) is 16.3. The molecule has 0 amide bonds. The van der Waals surface area contributed by atoms with E-state index in [4.69, 9.17) is 4.98 Å². The molecule has 0 unspecified atom stereocenters. The Hall–Kier alpha value is -2.16. The average molecular weight is 462 g/mol. The van der Waals surface area contributed by atoms with Crippen molar-refractivity contribution < 1.29 is 9.90 Å². The van der Waals surface area contributed by atoms with Gasteiger partial charge in [-0.3, -0.25) is 9.78 Å². The third-order valence-corrected chi connectivity index (χ3v) is 8.63. The Morgan fingerprint density at radius 2 is 1.50 bits per heavy atom. The van der Waals surface area contributed by atoms with Crippen LogP contribution in [0.1, 0.15) is 121 Å². The minimum absolute atomic E-state index is 0.202. The summed E-state index contributed by atoms with van der Waals surface area (Å²) >= 11 is 0.